The SMILES string of the molecule is CCOCCS(=O)(=O)c1ccc(C(=O)O)cc1F. The summed E-state index contributed by atoms with van der Waals surface area (Å²) in [5.41, 5.74) is -0.295. The number of carboxylic acids is 1. The smallest absolute Gasteiger partial charge is 0.335 e. The summed E-state index contributed by atoms with van der Waals surface area (Å²) >= 11 is 0. The summed E-state index contributed by atoms with van der Waals surface area (Å²) < 4.78 is 41.9. The number of halogens is 1. The zero-order valence-electron chi connectivity index (χ0n) is 9.72. The lowest BCUT2D eigenvalue weighted by Gasteiger charge is -2.06. The predicted molar refractivity (Wildman–Crippen MR) is 61.9 cm³/mol. The van der Waals surface area contributed by atoms with E-state index in [1.807, 2.05) is 0 Å². The zero-order valence-corrected chi connectivity index (χ0v) is 10.5. The summed E-state index contributed by atoms with van der Waals surface area (Å²) in [6.45, 7) is 2.06. The van der Waals surface area contributed by atoms with Gasteiger partial charge in [-0.2, -0.15) is 0 Å². The maximum absolute atomic E-state index is 13.5. The topological polar surface area (TPSA) is 80.7 Å². The van der Waals surface area contributed by atoms with E-state index < -0.39 is 26.5 Å². The first kappa shape index (κ1) is 14.6. The molecule has 0 aliphatic carbocycles. The Kier molecular flexibility index (Phi) is 4.80. The summed E-state index contributed by atoms with van der Waals surface area (Å²) in [6.07, 6.45) is 0. The van der Waals surface area contributed by atoms with Crippen LogP contribution in [-0.4, -0.2) is 38.5 Å². The molecule has 0 radical (unpaired) electrons. The summed E-state index contributed by atoms with van der Waals surface area (Å²) in [7, 11) is -3.80. The molecule has 0 atom stereocenters. The van der Waals surface area contributed by atoms with Crippen LogP contribution < -0.4 is 0 Å². The molecule has 7 heteroatoms. The lowest BCUT2D eigenvalue weighted by Crippen LogP contribution is -2.14. The number of hydrogen-bond donors (Lipinski definition) is 1. The van der Waals surface area contributed by atoms with E-state index in [4.69, 9.17) is 9.84 Å². The lowest BCUT2D eigenvalue weighted by atomic mass is 10.2. The van der Waals surface area contributed by atoms with Crippen molar-refractivity contribution in [3.63, 3.8) is 0 Å². The molecule has 0 aromatic heterocycles. The first-order chi connectivity index (χ1) is 8.38. The molecule has 0 fully saturated rings. The van der Waals surface area contributed by atoms with E-state index in [2.05, 4.69) is 0 Å². The van der Waals surface area contributed by atoms with Crippen molar-refractivity contribution in [1.82, 2.24) is 0 Å². The van der Waals surface area contributed by atoms with Crippen molar-refractivity contribution in [3.05, 3.63) is 29.6 Å². The van der Waals surface area contributed by atoms with Crippen molar-refractivity contribution in [2.24, 2.45) is 0 Å². The van der Waals surface area contributed by atoms with Crippen LogP contribution in [0.25, 0.3) is 0 Å². The van der Waals surface area contributed by atoms with Crippen molar-refractivity contribution in [2.45, 2.75) is 11.8 Å². The first-order valence-corrected chi connectivity index (χ1v) is 6.87. The van der Waals surface area contributed by atoms with Crippen molar-refractivity contribution in [1.29, 1.82) is 0 Å². The van der Waals surface area contributed by atoms with Crippen LogP contribution >= 0.6 is 0 Å². The van der Waals surface area contributed by atoms with E-state index in [0.29, 0.717) is 12.7 Å². The van der Waals surface area contributed by atoms with Gasteiger partial charge < -0.3 is 9.84 Å². The normalized spacial score (nSPS) is 11.4. The summed E-state index contributed by atoms with van der Waals surface area (Å²) in [5.74, 6) is -2.72. The molecule has 0 heterocycles. The third kappa shape index (κ3) is 3.51. The van der Waals surface area contributed by atoms with Gasteiger partial charge in [0.15, 0.2) is 9.84 Å². The maximum Gasteiger partial charge on any atom is 0.335 e. The molecular formula is C11H13FO5S. The minimum Gasteiger partial charge on any atom is -0.478 e. The molecule has 1 rings (SSSR count). The molecule has 0 aliphatic heterocycles. The Morgan fingerprint density at radius 2 is 2.11 bits per heavy atom. The van der Waals surface area contributed by atoms with Crippen LogP contribution in [0.1, 0.15) is 17.3 Å². The fraction of sp³-hybridized carbons (Fsp3) is 0.364. The number of ether oxygens (including phenoxy) is 1. The summed E-state index contributed by atoms with van der Waals surface area (Å²) in [4.78, 5) is 10.1. The van der Waals surface area contributed by atoms with E-state index in [1.165, 1.54) is 0 Å². The minimum absolute atomic E-state index is 0.0288. The van der Waals surface area contributed by atoms with Gasteiger partial charge in [-0.05, 0) is 25.1 Å². The Morgan fingerprint density at radius 1 is 1.44 bits per heavy atom. The van der Waals surface area contributed by atoms with Gasteiger partial charge in [-0.1, -0.05) is 0 Å². The first-order valence-electron chi connectivity index (χ1n) is 5.22. The van der Waals surface area contributed by atoms with Gasteiger partial charge in [0.2, 0.25) is 0 Å². The lowest BCUT2D eigenvalue weighted by molar-refractivity contribution is 0.0696. The van der Waals surface area contributed by atoms with Crippen LogP contribution in [0.4, 0.5) is 4.39 Å². The molecule has 0 saturated carbocycles. The average molecular weight is 276 g/mol. The molecule has 0 amide bonds. The number of carbonyl (C=O) groups is 1. The van der Waals surface area contributed by atoms with Gasteiger partial charge >= 0.3 is 5.97 Å². The Hall–Kier alpha value is -1.47. The van der Waals surface area contributed by atoms with E-state index in [1.54, 1.807) is 6.92 Å². The highest BCUT2D eigenvalue weighted by Crippen LogP contribution is 2.17. The number of hydrogen-bond acceptors (Lipinski definition) is 4. The third-order valence-electron chi connectivity index (χ3n) is 2.21. The second-order valence-corrected chi connectivity index (χ2v) is 5.54. The molecule has 1 aromatic carbocycles. The maximum atomic E-state index is 13.5. The number of sulfone groups is 1. The van der Waals surface area contributed by atoms with Crippen LogP contribution in [0.15, 0.2) is 23.1 Å². The van der Waals surface area contributed by atoms with Gasteiger partial charge in [-0.15, -0.1) is 0 Å². The highest BCUT2D eigenvalue weighted by molar-refractivity contribution is 7.91. The van der Waals surface area contributed by atoms with Crippen molar-refractivity contribution >= 4 is 15.8 Å². The molecule has 100 valence electrons. The molecule has 5 nitrogen and oxygen atoms in total. The van der Waals surface area contributed by atoms with Gasteiger partial charge in [0.25, 0.3) is 0 Å². The largest absolute Gasteiger partial charge is 0.478 e. The molecule has 1 N–H and O–H groups in total. The third-order valence-corrected chi connectivity index (χ3v) is 3.92. The Morgan fingerprint density at radius 3 is 2.61 bits per heavy atom. The van der Waals surface area contributed by atoms with Gasteiger partial charge in [-0.3, -0.25) is 0 Å². The molecule has 0 bridgehead atoms. The summed E-state index contributed by atoms with van der Waals surface area (Å²) in [5, 5.41) is 8.64. The van der Waals surface area contributed by atoms with Crippen molar-refractivity contribution in [3.8, 4) is 0 Å². The molecule has 0 saturated heterocycles. The Balaban J connectivity index is 2.99. The summed E-state index contributed by atoms with van der Waals surface area (Å²) in [6, 6.07) is 2.70. The van der Waals surface area contributed by atoms with Gasteiger partial charge in [-0.25, -0.2) is 17.6 Å². The highest BCUT2D eigenvalue weighted by atomic mass is 32.2. The van der Waals surface area contributed by atoms with E-state index in [-0.39, 0.29) is 17.9 Å². The molecule has 0 unspecified atom stereocenters. The van der Waals surface area contributed by atoms with Crippen molar-refractivity contribution in [2.75, 3.05) is 19.0 Å². The molecular weight excluding hydrogens is 263 g/mol. The van der Waals surface area contributed by atoms with E-state index in [0.717, 1.165) is 12.1 Å². The van der Waals surface area contributed by atoms with Crippen LogP contribution in [0.3, 0.4) is 0 Å². The second-order valence-electron chi connectivity index (χ2n) is 3.47. The predicted octanol–water partition coefficient (Wildman–Crippen LogP) is 1.33. The van der Waals surface area contributed by atoms with E-state index >= 15 is 0 Å². The highest BCUT2D eigenvalue weighted by Gasteiger charge is 2.20. The van der Waals surface area contributed by atoms with Crippen LogP contribution in [0.2, 0.25) is 0 Å². The number of carboxylic acid groups (broad SMARTS) is 1. The van der Waals surface area contributed by atoms with Crippen LogP contribution in [-0.2, 0) is 14.6 Å². The molecule has 0 aliphatic rings. The minimum atomic E-state index is -3.80. The average Bonchev–Trinajstić information content (AvgIpc) is 2.28. The second kappa shape index (κ2) is 5.92. The number of rotatable bonds is 6. The Labute approximate surface area is 104 Å². The zero-order chi connectivity index (χ0) is 13.8. The standard InChI is InChI=1S/C11H13FO5S/c1-2-17-5-6-18(15,16)10-4-3-8(11(13)14)7-9(10)12/h3-4,7H,2,5-6H2,1H3,(H,13,14). The van der Waals surface area contributed by atoms with Gasteiger partial charge in [0, 0.05) is 6.61 Å². The number of aromatic carboxylic acids is 1. The fourth-order valence-corrected chi connectivity index (χ4v) is 2.50. The van der Waals surface area contributed by atoms with Gasteiger partial charge in [0.05, 0.1) is 17.9 Å². The number of benzene rings is 1. The molecule has 0 spiro atoms. The molecule has 18 heavy (non-hydrogen) atoms. The monoisotopic (exact) mass is 276 g/mol. The fourth-order valence-electron chi connectivity index (χ4n) is 1.31. The molecule has 1 aromatic rings. The van der Waals surface area contributed by atoms with Gasteiger partial charge in [0.1, 0.15) is 10.7 Å². The quantitative estimate of drug-likeness (QED) is 0.793. The van der Waals surface area contributed by atoms with Crippen LogP contribution in [0, 0.1) is 5.82 Å². The Bertz CT molecular complexity index is 538. The van der Waals surface area contributed by atoms with Crippen molar-refractivity contribution < 1.29 is 27.4 Å². The van der Waals surface area contributed by atoms with Crippen LogP contribution in [0.5, 0.6) is 0 Å². The van der Waals surface area contributed by atoms with E-state index in [9.17, 15) is 17.6 Å².